The molecule has 0 aliphatic rings. The second kappa shape index (κ2) is 4.24. The van der Waals surface area contributed by atoms with Gasteiger partial charge in [0.25, 0.3) is 0 Å². The van der Waals surface area contributed by atoms with E-state index >= 15 is 0 Å². The fraction of sp³-hybridized carbons (Fsp3) is 0.364. The van der Waals surface area contributed by atoms with Crippen molar-refractivity contribution in [2.45, 2.75) is 19.9 Å². The molecule has 3 heteroatoms. The van der Waals surface area contributed by atoms with Crippen molar-refractivity contribution in [2.75, 3.05) is 7.11 Å². The van der Waals surface area contributed by atoms with Crippen molar-refractivity contribution in [1.29, 1.82) is 0 Å². The van der Waals surface area contributed by atoms with Crippen LogP contribution in [0.25, 0.3) is 0 Å². The number of methoxy groups -OCH3 is 1. The fourth-order valence-electron chi connectivity index (χ4n) is 1.56. The normalized spacial score (nSPS) is 12.3. The minimum Gasteiger partial charge on any atom is -0.468 e. The number of rotatable bonds is 2. The van der Waals surface area contributed by atoms with E-state index in [2.05, 4.69) is 4.74 Å². The standard InChI is InChI=1S/C11H15NO2/c1-7-5-4-6-8(2)9(7)10(12)11(13)14-3/h4-6,10H,12H2,1-3H3/t10-/m1/s1. The van der Waals surface area contributed by atoms with Crippen LogP contribution >= 0.6 is 0 Å². The topological polar surface area (TPSA) is 52.3 Å². The van der Waals surface area contributed by atoms with E-state index in [1.54, 1.807) is 0 Å². The largest absolute Gasteiger partial charge is 0.468 e. The number of carbonyl (C=O) groups is 1. The lowest BCUT2D eigenvalue weighted by Gasteiger charge is -2.14. The van der Waals surface area contributed by atoms with E-state index in [0.29, 0.717) is 0 Å². The zero-order valence-corrected chi connectivity index (χ0v) is 8.70. The maximum Gasteiger partial charge on any atom is 0.327 e. The summed E-state index contributed by atoms with van der Waals surface area (Å²) in [6.45, 7) is 3.87. The van der Waals surface area contributed by atoms with Gasteiger partial charge in [-0.1, -0.05) is 18.2 Å². The molecule has 0 aliphatic heterocycles. The summed E-state index contributed by atoms with van der Waals surface area (Å²) in [4.78, 5) is 11.3. The SMILES string of the molecule is COC(=O)[C@H](N)c1c(C)cccc1C. The van der Waals surface area contributed by atoms with Gasteiger partial charge in [0.2, 0.25) is 0 Å². The number of nitrogens with two attached hydrogens (primary N) is 1. The van der Waals surface area contributed by atoms with Crippen LogP contribution in [0.4, 0.5) is 0 Å². The van der Waals surface area contributed by atoms with E-state index < -0.39 is 12.0 Å². The van der Waals surface area contributed by atoms with Crippen molar-refractivity contribution in [3.63, 3.8) is 0 Å². The lowest BCUT2D eigenvalue weighted by atomic mass is 9.97. The van der Waals surface area contributed by atoms with Crippen molar-refractivity contribution in [3.05, 3.63) is 34.9 Å². The summed E-state index contributed by atoms with van der Waals surface area (Å²) >= 11 is 0. The van der Waals surface area contributed by atoms with Crippen LogP contribution < -0.4 is 5.73 Å². The molecule has 0 unspecified atom stereocenters. The molecule has 1 aromatic rings. The molecule has 1 rings (SSSR count). The predicted molar refractivity (Wildman–Crippen MR) is 54.9 cm³/mol. The summed E-state index contributed by atoms with van der Waals surface area (Å²) in [5, 5.41) is 0. The highest BCUT2D eigenvalue weighted by atomic mass is 16.5. The minimum atomic E-state index is -0.679. The van der Waals surface area contributed by atoms with Crippen LogP contribution in [0.15, 0.2) is 18.2 Å². The van der Waals surface area contributed by atoms with Gasteiger partial charge < -0.3 is 10.5 Å². The molecule has 2 N–H and O–H groups in total. The molecule has 76 valence electrons. The highest BCUT2D eigenvalue weighted by molar-refractivity contribution is 5.78. The first-order chi connectivity index (χ1) is 6.57. The first-order valence-electron chi connectivity index (χ1n) is 4.47. The third-order valence-electron chi connectivity index (χ3n) is 2.31. The Morgan fingerprint density at radius 3 is 2.29 bits per heavy atom. The molecule has 0 amide bonds. The van der Waals surface area contributed by atoms with E-state index in [1.165, 1.54) is 7.11 Å². The average molecular weight is 193 g/mol. The number of esters is 1. The lowest BCUT2D eigenvalue weighted by molar-refractivity contribution is -0.142. The number of aryl methyl sites for hydroxylation is 2. The second-order valence-corrected chi connectivity index (χ2v) is 3.31. The average Bonchev–Trinajstić information content (AvgIpc) is 2.16. The Kier molecular flexibility index (Phi) is 3.25. The molecule has 0 bridgehead atoms. The Hall–Kier alpha value is -1.35. The molecule has 0 fully saturated rings. The molecule has 0 aliphatic carbocycles. The van der Waals surface area contributed by atoms with Crippen LogP contribution in [0.5, 0.6) is 0 Å². The molecule has 0 spiro atoms. The van der Waals surface area contributed by atoms with Gasteiger partial charge in [-0.3, -0.25) is 4.79 Å². The number of ether oxygens (including phenoxy) is 1. The summed E-state index contributed by atoms with van der Waals surface area (Å²) < 4.78 is 4.61. The van der Waals surface area contributed by atoms with Gasteiger partial charge in [-0.15, -0.1) is 0 Å². The molecule has 14 heavy (non-hydrogen) atoms. The van der Waals surface area contributed by atoms with E-state index in [1.807, 2.05) is 32.0 Å². The van der Waals surface area contributed by atoms with E-state index in [0.717, 1.165) is 16.7 Å². The summed E-state index contributed by atoms with van der Waals surface area (Å²) in [5.41, 5.74) is 8.67. The molecule has 0 radical (unpaired) electrons. The quantitative estimate of drug-likeness (QED) is 0.724. The van der Waals surface area contributed by atoms with E-state index in [4.69, 9.17) is 5.73 Å². The third-order valence-corrected chi connectivity index (χ3v) is 2.31. The Morgan fingerprint density at radius 2 is 1.86 bits per heavy atom. The zero-order chi connectivity index (χ0) is 10.7. The van der Waals surface area contributed by atoms with Crippen LogP contribution in [0.3, 0.4) is 0 Å². The summed E-state index contributed by atoms with van der Waals surface area (Å²) in [7, 11) is 1.34. The monoisotopic (exact) mass is 193 g/mol. The van der Waals surface area contributed by atoms with Crippen molar-refractivity contribution in [1.82, 2.24) is 0 Å². The van der Waals surface area contributed by atoms with E-state index in [-0.39, 0.29) is 0 Å². The highest BCUT2D eigenvalue weighted by Crippen LogP contribution is 2.20. The van der Waals surface area contributed by atoms with Gasteiger partial charge >= 0.3 is 5.97 Å². The van der Waals surface area contributed by atoms with Gasteiger partial charge in [0.05, 0.1) is 7.11 Å². The van der Waals surface area contributed by atoms with Crippen molar-refractivity contribution < 1.29 is 9.53 Å². The third kappa shape index (κ3) is 1.93. The smallest absolute Gasteiger partial charge is 0.327 e. The van der Waals surface area contributed by atoms with Crippen molar-refractivity contribution in [2.24, 2.45) is 5.73 Å². The van der Waals surface area contributed by atoms with Crippen LogP contribution in [0.1, 0.15) is 22.7 Å². The maximum absolute atomic E-state index is 11.3. The highest BCUT2D eigenvalue weighted by Gasteiger charge is 2.19. The van der Waals surface area contributed by atoms with E-state index in [9.17, 15) is 4.79 Å². The van der Waals surface area contributed by atoms with Gasteiger partial charge in [0, 0.05) is 0 Å². The maximum atomic E-state index is 11.3. The number of hydrogen-bond donors (Lipinski definition) is 1. The first-order valence-corrected chi connectivity index (χ1v) is 4.47. The van der Waals surface area contributed by atoms with Crippen LogP contribution in [-0.2, 0) is 9.53 Å². The summed E-state index contributed by atoms with van der Waals surface area (Å²) in [6, 6.07) is 5.13. The Bertz CT molecular complexity index is 327. The van der Waals surface area contributed by atoms with Gasteiger partial charge in [-0.05, 0) is 30.5 Å². The minimum absolute atomic E-state index is 0.401. The summed E-state index contributed by atoms with van der Waals surface area (Å²) in [6.07, 6.45) is 0. The molecular weight excluding hydrogens is 178 g/mol. The molecule has 0 saturated heterocycles. The molecule has 0 saturated carbocycles. The molecule has 3 nitrogen and oxygen atoms in total. The van der Waals surface area contributed by atoms with Gasteiger partial charge in [0.15, 0.2) is 0 Å². The van der Waals surface area contributed by atoms with Crippen molar-refractivity contribution in [3.8, 4) is 0 Å². The molecule has 1 atom stereocenters. The van der Waals surface area contributed by atoms with Crippen LogP contribution in [-0.4, -0.2) is 13.1 Å². The molecule has 1 aromatic carbocycles. The second-order valence-electron chi connectivity index (χ2n) is 3.31. The number of carbonyl (C=O) groups excluding carboxylic acids is 1. The Balaban J connectivity index is 3.11. The van der Waals surface area contributed by atoms with Crippen LogP contribution in [0, 0.1) is 13.8 Å². The molecule has 0 aromatic heterocycles. The number of benzene rings is 1. The van der Waals surface area contributed by atoms with Gasteiger partial charge in [-0.25, -0.2) is 0 Å². The number of hydrogen-bond acceptors (Lipinski definition) is 3. The van der Waals surface area contributed by atoms with Gasteiger partial charge in [-0.2, -0.15) is 0 Å². The molecular formula is C11H15NO2. The van der Waals surface area contributed by atoms with Crippen LogP contribution in [0.2, 0.25) is 0 Å². The summed E-state index contributed by atoms with van der Waals surface area (Å²) in [5.74, 6) is -0.401. The fourth-order valence-corrected chi connectivity index (χ4v) is 1.56. The zero-order valence-electron chi connectivity index (χ0n) is 8.70. The first kappa shape index (κ1) is 10.7. The predicted octanol–water partition coefficient (Wildman–Crippen LogP) is 1.48. The Morgan fingerprint density at radius 1 is 1.36 bits per heavy atom. The molecule has 0 heterocycles. The Labute approximate surface area is 83.9 Å². The lowest BCUT2D eigenvalue weighted by Crippen LogP contribution is -2.24. The van der Waals surface area contributed by atoms with Crippen molar-refractivity contribution >= 4 is 5.97 Å². The van der Waals surface area contributed by atoms with Gasteiger partial charge in [0.1, 0.15) is 6.04 Å².